The minimum atomic E-state index is -0.488. The lowest BCUT2D eigenvalue weighted by molar-refractivity contribution is -0.140. The molecule has 0 saturated heterocycles. The van der Waals surface area contributed by atoms with Gasteiger partial charge in [0.25, 0.3) is 0 Å². The Morgan fingerprint density at radius 3 is 2.27 bits per heavy atom. The molecule has 0 fully saturated rings. The summed E-state index contributed by atoms with van der Waals surface area (Å²) in [6, 6.07) is 12.1. The number of halogens is 1. The average molecular weight is 457 g/mol. The molecule has 0 radical (unpaired) electrons. The summed E-state index contributed by atoms with van der Waals surface area (Å²) in [5.41, 5.74) is 2.83. The van der Waals surface area contributed by atoms with Gasteiger partial charge in [0.1, 0.15) is 24.8 Å². The molecular formula is C26H29FO6. The van der Waals surface area contributed by atoms with Crippen LogP contribution >= 0.6 is 0 Å². The molecule has 0 aromatic heterocycles. The van der Waals surface area contributed by atoms with Crippen molar-refractivity contribution >= 4 is 11.9 Å². The highest BCUT2D eigenvalue weighted by Gasteiger charge is 2.09. The van der Waals surface area contributed by atoms with Gasteiger partial charge < -0.3 is 18.9 Å². The van der Waals surface area contributed by atoms with Gasteiger partial charge in [-0.3, -0.25) is 0 Å². The minimum absolute atomic E-state index is 0.0532. The van der Waals surface area contributed by atoms with Gasteiger partial charge in [0.15, 0.2) is 0 Å². The standard InChI is InChI=1S/C26H29FO6/c1-18(2)25(28)33-15-14-31-22-11-12-23(24(27)16-22)21-9-7-20(8-10-21)6-5-13-32-26(29)19(3)17-30-4/h7-12,16H,1,3,5-6,13-15,17H2,2,4H3. The Balaban J connectivity index is 1.82. The van der Waals surface area contributed by atoms with E-state index in [2.05, 4.69) is 13.2 Å². The molecule has 2 rings (SSSR count). The third-order valence-corrected chi connectivity index (χ3v) is 4.59. The van der Waals surface area contributed by atoms with E-state index in [1.807, 2.05) is 24.3 Å². The third-order valence-electron chi connectivity index (χ3n) is 4.59. The van der Waals surface area contributed by atoms with Crippen molar-refractivity contribution in [2.24, 2.45) is 0 Å². The van der Waals surface area contributed by atoms with Gasteiger partial charge in [-0.05, 0) is 43.0 Å². The maximum absolute atomic E-state index is 14.6. The van der Waals surface area contributed by atoms with Gasteiger partial charge >= 0.3 is 11.9 Å². The molecule has 7 heteroatoms. The lowest BCUT2D eigenvalue weighted by Gasteiger charge is -2.10. The van der Waals surface area contributed by atoms with Gasteiger partial charge in [0, 0.05) is 24.3 Å². The zero-order valence-corrected chi connectivity index (χ0v) is 19.0. The number of hydrogen-bond donors (Lipinski definition) is 0. The quantitative estimate of drug-likeness (QED) is 0.248. The molecule has 0 unspecified atom stereocenters. The number of ether oxygens (including phenoxy) is 4. The Morgan fingerprint density at radius 1 is 0.939 bits per heavy atom. The molecule has 2 aromatic rings. The molecule has 33 heavy (non-hydrogen) atoms. The summed E-state index contributed by atoms with van der Waals surface area (Å²) in [6.07, 6.45) is 1.38. The lowest BCUT2D eigenvalue weighted by Crippen LogP contribution is -2.12. The second-order valence-corrected chi connectivity index (χ2v) is 7.38. The van der Waals surface area contributed by atoms with Crippen molar-refractivity contribution in [2.75, 3.05) is 33.5 Å². The molecule has 0 aliphatic rings. The van der Waals surface area contributed by atoms with Crippen LogP contribution in [0.25, 0.3) is 11.1 Å². The second-order valence-electron chi connectivity index (χ2n) is 7.38. The van der Waals surface area contributed by atoms with E-state index < -0.39 is 17.8 Å². The summed E-state index contributed by atoms with van der Waals surface area (Å²) < 4.78 is 34.9. The van der Waals surface area contributed by atoms with Crippen molar-refractivity contribution < 1.29 is 32.9 Å². The van der Waals surface area contributed by atoms with Gasteiger partial charge in [-0.1, -0.05) is 37.4 Å². The minimum Gasteiger partial charge on any atom is -0.490 e. The molecular weight excluding hydrogens is 427 g/mol. The van der Waals surface area contributed by atoms with Crippen molar-refractivity contribution in [3.63, 3.8) is 0 Å². The summed E-state index contributed by atoms with van der Waals surface area (Å²) in [5, 5.41) is 0. The Hall–Kier alpha value is -3.45. The fourth-order valence-electron chi connectivity index (χ4n) is 2.86. The number of benzene rings is 2. The first kappa shape index (κ1) is 25.8. The molecule has 0 aliphatic heterocycles. The van der Waals surface area contributed by atoms with Crippen LogP contribution in [0.2, 0.25) is 0 Å². The number of aryl methyl sites for hydroxylation is 1. The van der Waals surface area contributed by atoms with Crippen LogP contribution in [0.5, 0.6) is 5.75 Å². The highest BCUT2D eigenvalue weighted by Crippen LogP contribution is 2.27. The summed E-state index contributed by atoms with van der Waals surface area (Å²) in [4.78, 5) is 23.0. The number of methoxy groups -OCH3 is 1. The molecule has 0 saturated carbocycles. The fraction of sp³-hybridized carbons (Fsp3) is 0.308. The summed E-state index contributed by atoms with van der Waals surface area (Å²) in [7, 11) is 1.49. The predicted octanol–water partition coefficient (Wildman–Crippen LogP) is 4.67. The third kappa shape index (κ3) is 8.54. The van der Waals surface area contributed by atoms with E-state index in [4.69, 9.17) is 18.9 Å². The number of carbonyl (C=O) groups excluding carboxylic acids is 2. The fourth-order valence-corrected chi connectivity index (χ4v) is 2.86. The Bertz CT molecular complexity index is 981. The summed E-state index contributed by atoms with van der Waals surface area (Å²) in [6.45, 7) is 9.26. The number of esters is 2. The zero-order chi connectivity index (χ0) is 24.2. The van der Waals surface area contributed by atoms with Crippen LogP contribution in [0, 0.1) is 5.82 Å². The highest BCUT2D eigenvalue weighted by molar-refractivity contribution is 5.88. The molecule has 0 N–H and O–H groups in total. The molecule has 0 spiro atoms. The number of rotatable bonds is 13. The largest absolute Gasteiger partial charge is 0.490 e. The highest BCUT2D eigenvalue weighted by atomic mass is 19.1. The monoisotopic (exact) mass is 456 g/mol. The van der Waals surface area contributed by atoms with Crippen LogP contribution in [-0.4, -0.2) is 45.5 Å². The van der Waals surface area contributed by atoms with Crippen molar-refractivity contribution in [1.29, 1.82) is 0 Å². The predicted molar refractivity (Wildman–Crippen MR) is 123 cm³/mol. The van der Waals surface area contributed by atoms with Crippen molar-refractivity contribution in [3.05, 3.63) is 78.1 Å². The summed E-state index contributed by atoms with van der Waals surface area (Å²) >= 11 is 0. The van der Waals surface area contributed by atoms with E-state index in [1.165, 1.54) is 13.2 Å². The molecule has 176 valence electrons. The zero-order valence-electron chi connectivity index (χ0n) is 19.0. The first-order valence-corrected chi connectivity index (χ1v) is 10.5. The van der Waals surface area contributed by atoms with E-state index in [0.717, 1.165) is 17.5 Å². The van der Waals surface area contributed by atoms with Gasteiger partial charge in [-0.15, -0.1) is 0 Å². The van der Waals surface area contributed by atoms with Gasteiger partial charge in [-0.25, -0.2) is 14.0 Å². The normalized spacial score (nSPS) is 10.4. The summed E-state index contributed by atoms with van der Waals surface area (Å²) in [5.74, 6) is -1.01. The average Bonchev–Trinajstić information content (AvgIpc) is 2.80. The van der Waals surface area contributed by atoms with E-state index in [-0.39, 0.29) is 32.0 Å². The van der Waals surface area contributed by atoms with Gasteiger partial charge in [-0.2, -0.15) is 0 Å². The molecule has 0 amide bonds. The maximum atomic E-state index is 14.6. The van der Waals surface area contributed by atoms with Gasteiger partial charge in [0.05, 0.1) is 18.8 Å². The first-order chi connectivity index (χ1) is 15.8. The van der Waals surface area contributed by atoms with E-state index >= 15 is 0 Å². The Labute approximate surface area is 193 Å². The molecule has 2 aromatic carbocycles. The van der Waals surface area contributed by atoms with Crippen LogP contribution in [0.4, 0.5) is 4.39 Å². The lowest BCUT2D eigenvalue weighted by atomic mass is 10.0. The van der Waals surface area contributed by atoms with E-state index in [9.17, 15) is 14.0 Å². The van der Waals surface area contributed by atoms with E-state index in [1.54, 1.807) is 19.1 Å². The molecule has 0 heterocycles. The van der Waals surface area contributed by atoms with Crippen molar-refractivity contribution in [1.82, 2.24) is 0 Å². The number of hydrogen-bond acceptors (Lipinski definition) is 6. The number of carbonyl (C=O) groups is 2. The van der Waals surface area contributed by atoms with E-state index in [0.29, 0.717) is 23.3 Å². The topological polar surface area (TPSA) is 71.1 Å². The molecule has 6 nitrogen and oxygen atoms in total. The van der Waals surface area contributed by atoms with Crippen LogP contribution in [-0.2, 0) is 30.2 Å². The molecule has 0 atom stereocenters. The SMILES string of the molecule is C=C(C)C(=O)OCCOc1ccc(-c2ccc(CCCOC(=O)C(=C)COC)cc2)c(F)c1. The first-order valence-electron chi connectivity index (χ1n) is 10.5. The van der Waals surface area contributed by atoms with Crippen LogP contribution in [0.15, 0.2) is 66.8 Å². The maximum Gasteiger partial charge on any atom is 0.335 e. The molecule has 0 aliphatic carbocycles. The second kappa shape index (κ2) is 13.2. The van der Waals surface area contributed by atoms with Crippen LogP contribution in [0.1, 0.15) is 18.9 Å². The molecule has 0 bridgehead atoms. The Kier molecular flexibility index (Phi) is 10.3. The smallest absolute Gasteiger partial charge is 0.335 e. The van der Waals surface area contributed by atoms with Crippen molar-refractivity contribution in [2.45, 2.75) is 19.8 Å². The Morgan fingerprint density at radius 2 is 1.64 bits per heavy atom. The van der Waals surface area contributed by atoms with Gasteiger partial charge in [0.2, 0.25) is 0 Å². The van der Waals surface area contributed by atoms with Crippen molar-refractivity contribution in [3.8, 4) is 16.9 Å². The van der Waals surface area contributed by atoms with Crippen LogP contribution < -0.4 is 4.74 Å². The van der Waals surface area contributed by atoms with Crippen LogP contribution in [0.3, 0.4) is 0 Å².